The highest BCUT2D eigenvalue weighted by Gasteiger charge is 2.46. The number of hydrogen-bond acceptors (Lipinski definition) is 2. The zero-order chi connectivity index (χ0) is 17.6. The third-order valence-corrected chi connectivity index (χ3v) is 5.68. The first-order valence-corrected chi connectivity index (χ1v) is 9.41. The Labute approximate surface area is 149 Å². The minimum absolute atomic E-state index is 0.181. The summed E-state index contributed by atoms with van der Waals surface area (Å²) >= 11 is 0. The lowest BCUT2D eigenvalue weighted by molar-refractivity contribution is -0.134. The van der Waals surface area contributed by atoms with Gasteiger partial charge in [0.1, 0.15) is 0 Å². The lowest BCUT2D eigenvalue weighted by atomic mass is 10.0. The van der Waals surface area contributed by atoms with Crippen LogP contribution in [0.2, 0.25) is 0 Å². The molecule has 1 aromatic carbocycles. The molecule has 1 saturated carbocycles. The normalized spacial score (nSPS) is 25.9. The van der Waals surface area contributed by atoms with Crippen molar-refractivity contribution < 1.29 is 4.79 Å². The minimum atomic E-state index is 0.181. The quantitative estimate of drug-likeness (QED) is 0.855. The molecule has 2 fully saturated rings. The fourth-order valence-corrected chi connectivity index (χ4v) is 4.34. The third-order valence-electron chi connectivity index (χ3n) is 5.68. The van der Waals surface area contributed by atoms with Crippen molar-refractivity contribution in [2.75, 3.05) is 13.1 Å². The van der Waals surface area contributed by atoms with Crippen molar-refractivity contribution in [1.29, 1.82) is 0 Å². The van der Waals surface area contributed by atoms with Gasteiger partial charge in [0.05, 0.1) is 11.7 Å². The number of likely N-dealkylation sites (tertiary alicyclic amines) is 1. The second-order valence-corrected chi connectivity index (χ2v) is 7.81. The van der Waals surface area contributed by atoms with Crippen molar-refractivity contribution >= 4 is 5.91 Å². The van der Waals surface area contributed by atoms with Crippen LogP contribution in [-0.2, 0) is 4.79 Å². The van der Waals surface area contributed by atoms with E-state index in [2.05, 4.69) is 58.9 Å². The summed E-state index contributed by atoms with van der Waals surface area (Å²) in [5, 5.41) is 4.64. The van der Waals surface area contributed by atoms with Gasteiger partial charge in [0.2, 0.25) is 5.91 Å². The van der Waals surface area contributed by atoms with Gasteiger partial charge < -0.3 is 4.90 Å². The molecule has 2 aliphatic rings. The number of carbonyl (C=O) groups is 1. The molecule has 25 heavy (non-hydrogen) atoms. The maximum Gasteiger partial charge on any atom is 0.226 e. The van der Waals surface area contributed by atoms with E-state index < -0.39 is 0 Å². The molecule has 0 unspecified atom stereocenters. The Balaban J connectivity index is 1.43. The van der Waals surface area contributed by atoms with E-state index in [0.717, 1.165) is 38.0 Å². The van der Waals surface area contributed by atoms with Crippen LogP contribution in [0.4, 0.5) is 0 Å². The lowest BCUT2D eigenvalue weighted by Crippen LogP contribution is -2.42. The van der Waals surface area contributed by atoms with E-state index in [1.807, 2.05) is 6.92 Å². The standard InChI is InChI=1S/C21H27N3O/c1-14-6-4-7-17(10-14)19-12-20(19)21(25)23-9-5-8-18(13-23)24-16(3)11-15(2)22-24/h4,6-7,10-11,18-20H,5,8-9,12-13H2,1-3H3/t18-,19+,20-/m1/s1. The Bertz CT molecular complexity index is 794. The number of amides is 1. The van der Waals surface area contributed by atoms with Crippen molar-refractivity contribution in [3.8, 4) is 0 Å². The van der Waals surface area contributed by atoms with Crippen molar-refractivity contribution in [2.45, 2.75) is 52.0 Å². The van der Waals surface area contributed by atoms with Crippen LogP contribution >= 0.6 is 0 Å². The Morgan fingerprint density at radius 3 is 2.76 bits per heavy atom. The maximum atomic E-state index is 13.0. The molecule has 1 aromatic heterocycles. The van der Waals surface area contributed by atoms with Crippen molar-refractivity contribution in [1.82, 2.24) is 14.7 Å². The molecule has 0 spiro atoms. The number of carbonyl (C=O) groups excluding carboxylic acids is 1. The molecule has 1 aliphatic carbocycles. The van der Waals surface area contributed by atoms with E-state index in [0.29, 0.717) is 17.9 Å². The van der Waals surface area contributed by atoms with Gasteiger partial charge in [0.15, 0.2) is 0 Å². The molecule has 2 aromatic rings. The van der Waals surface area contributed by atoms with Gasteiger partial charge in [0, 0.05) is 24.7 Å². The smallest absolute Gasteiger partial charge is 0.226 e. The average Bonchev–Trinajstić information content (AvgIpc) is 3.33. The van der Waals surface area contributed by atoms with Gasteiger partial charge in [-0.3, -0.25) is 9.48 Å². The number of hydrogen-bond donors (Lipinski definition) is 0. The molecule has 3 atom stereocenters. The molecule has 0 radical (unpaired) electrons. The molecule has 4 nitrogen and oxygen atoms in total. The van der Waals surface area contributed by atoms with Crippen LogP contribution in [0, 0.1) is 26.7 Å². The predicted molar refractivity (Wildman–Crippen MR) is 98.6 cm³/mol. The van der Waals surface area contributed by atoms with Crippen molar-refractivity contribution in [2.24, 2.45) is 5.92 Å². The molecule has 1 aliphatic heterocycles. The van der Waals surface area contributed by atoms with Crippen LogP contribution in [0.15, 0.2) is 30.3 Å². The summed E-state index contributed by atoms with van der Waals surface area (Å²) < 4.78 is 2.12. The van der Waals surface area contributed by atoms with Crippen LogP contribution < -0.4 is 0 Å². The fourth-order valence-electron chi connectivity index (χ4n) is 4.34. The summed E-state index contributed by atoms with van der Waals surface area (Å²) in [5.74, 6) is 0.945. The van der Waals surface area contributed by atoms with Crippen molar-refractivity contribution in [3.63, 3.8) is 0 Å². The largest absolute Gasteiger partial charge is 0.340 e. The van der Waals surface area contributed by atoms with E-state index in [1.54, 1.807) is 0 Å². The highest BCUT2D eigenvalue weighted by molar-refractivity contribution is 5.83. The lowest BCUT2D eigenvalue weighted by Gasteiger charge is -2.33. The Kier molecular flexibility index (Phi) is 4.14. The van der Waals surface area contributed by atoms with Crippen LogP contribution in [0.5, 0.6) is 0 Å². The van der Waals surface area contributed by atoms with Gasteiger partial charge in [-0.15, -0.1) is 0 Å². The number of benzene rings is 1. The molecule has 0 bridgehead atoms. The first kappa shape index (κ1) is 16.4. The topological polar surface area (TPSA) is 38.1 Å². The molecule has 132 valence electrons. The summed E-state index contributed by atoms with van der Waals surface area (Å²) in [6, 6.07) is 11.1. The monoisotopic (exact) mass is 337 g/mol. The van der Waals surface area contributed by atoms with Gasteiger partial charge in [-0.25, -0.2) is 0 Å². The summed E-state index contributed by atoms with van der Waals surface area (Å²) in [6.45, 7) is 7.96. The van der Waals surface area contributed by atoms with E-state index >= 15 is 0 Å². The molecule has 0 N–H and O–H groups in total. The number of piperidine rings is 1. The number of nitrogens with zero attached hydrogens (tertiary/aromatic N) is 3. The third kappa shape index (κ3) is 3.22. The average molecular weight is 337 g/mol. The first-order valence-electron chi connectivity index (χ1n) is 9.41. The Morgan fingerprint density at radius 1 is 1.20 bits per heavy atom. The summed E-state index contributed by atoms with van der Waals surface area (Å²) in [6.07, 6.45) is 3.18. The fraction of sp³-hybridized carbons (Fsp3) is 0.524. The molecular formula is C21H27N3O. The van der Waals surface area contributed by atoms with E-state index in [1.165, 1.54) is 16.8 Å². The van der Waals surface area contributed by atoms with E-state index in [-0.39, 0.29) is 5.92 Å². The van der Waals surface area contributed by atoms with Gasteiger partial charge in [-0.2, -0.15) is 5.10 Å². The highest BCUT2D eigenvalue weighted by Crippen LogP contribution is 2.49. The minimum Gasteiger partial charge on any atom is -0.340 e. The van der Waals surface area contributed by atoms with E-state index in [9.17, 15) is 4.79 Å². The van der Waals surface area contributed by atoms with Crippen LogP contribution in [0.3, 0.4) is 0 Å². The molecule has 4 rings (SSSR count). The van der Waals surface area contributed by atoms with Crippen LogP contribution in [0.1, 0.15) is 53.7 Å². The Morgan fingerprint density at radius 2 is 2.04 bits per heavy atom. The Hall–Kier alpha value is -2.10. The van der Waals surface area contributed by atoms with Crippen molar-refractivity contribution in [3.05, 3.63) is 52.8 Å². The second kappa shape index (κ2) is 6.32. The number of rotatable bonds is 3. The summed E-state index contributed by atoms with van der Waals surface area (Å²) in [7, 11) is 0. The number of aromatic nitrogens is 2. The van der Waals surface area contributed by atoms with E-state index in [4.69, 9.17) is 0 Å². The summed E-state index contributed by atoms with van der Waals surface area (Å²) in [4.78, 5) is 15.1. The molecule has 4 heteroatoms. The van der Waals surface area contributed by atoms with Gasteiger partial charge in [-0.05, 0) is 57.6 Å². The van der Waals surface area contributed by atoms with Gasteiger partial charge in [0.25, 0.3) is 0 Å². The SMILES string of the molecule is Cc1cccc([C@@H]2C[C@H]2C(=O)N2CCC[C@@H](n3nc(C)cc3C)C2)c1. The van der Waals surface area contributed by atoms with Crippen LogP contribution in [-0.4, -0.2) is 33.7 Å². The predicted octanol–water partition coefficient (Wildman–Crippen LogP) is 3.78. The first-order chi connectivity index (χ1) is 12.0. The number of aryl methyl sites for hydroxylation is 3. The van der Waals surface area contributed by atoms with Gasteiger partial charge >= 0.3 is 0 Å². The molecule has 1 amide bonds. The zero-order valence-corrected chi connectivity index (χ0v) is 15.4. The summed E-state index contributed by atoms with van der Waals surface area (Å²) in [5.41, 5.74) is 4.85. The molecular weight excluding hydrogens is 310 g/mol. The molecule has 1 saturated heterocycles. The second-order valence-electron chi connectivity index (χ2n) is 7.81. The highest BCUT2D eigenvalue weighted by atomic mass is 16.2. The van der Waals surface area contributed by atoms with Gasteiger partial charge in [-0.1, -0.05) is 29.8 Å². The molecule has 2 heterocycles. The van der Waals surface area contributed by atoms with Crippen LogP contribution in [0.25, 0.3) is 0 Å². The maximum absolute atomic E-state index is 13.0. The zero-order valence-electron chi connectivity index (χ0n) is 15.4.